The van der Waals surface area contributed by atoms with Gasteiger partial charge < -0.3 is 9.67 Å². The third kappa shape index (κ3) is 1.90. The number of para-hydroxylation sites is 1. The number of benzene rings is 1. The van der Waals surface area contributed by atoms with Gasteiger partial charge in [0.15, 0.2) is 0 Å². The van der Waals surface area contributed by atoms with Crippen molar-refractivity contribution in [2.24, 2.45) is 5.92 Å². The molecule has 1 heterocycles. The average molecular weight is 272 g/mol. The van der Waals surface area contributed by atoms with E-state index in [1.807, 2.05) is 6.07 Å². The van der Waals surface area contributed by atoms with Gasteiger partial charge in [0, 0.05) is 11.5 Å². The molecule has 1 N–H and O–H groups in total. The zero-order valence-electron chi connectivity index (χ0n) is 12.3. The molecule has 0 bridgehead atoms. The molecule has 2 aromatic rings. The number of hydrogen-bond acceptors (Lipinski definition) is 2. The molecule has 0 radical (unpaired) electrons. The van der Waals surface area contributed by atoms with E-state index in [0.717, 1.165) is 23.3 Å². The van der Waals surface area contributed by atoms with E-state index < -0.39 is 5.97 Å². The molecular formula is C16H20N2O2. The first-order chi connectivity index (χ1) is 9.30. The van der Waals surface area contributed by atoms with Gasteiger partial charge in [-0.25, -0.2) is 9.78 Å². The first kappa shape index (κ1) is 13.2. The van der Waals surface area contributed by atoms with Gasteiger partial charge in [0.1, 0.15) is 5.82 Å². The molecule has 0 saturated heterocycles. The summed E-state index contributed by atoms with van der Waals surface area (Å²) in [7, 11) is 0. The highest BCUT2D eigenvalue weighted by atomic mass is 16.4. The summed E-state index contributed by atoms with van der Waals surface area (Å²) in [4.78, 5) is 16.2. The van der Waals surface area contributed by atoms with Crippen LogP contribution in [0.25, 0.3) is 11.0 Å². The fourth-order valence-corrected chi connectivity index (χ4v) is 2.84. The Kier molecular flexibility index (Phi) is 2.68. The number of nitrogens with zero attached hydrogens (tertiary/aromatic N) is 2. The SMILES string of the molecule is CC1CC1n1c(C(C)(C)C)nc2cccc(C(=O)O)c21. The Morgan fingerprint density at radius 2 is 2.05 bits per heavy atom. The first-order valence-corrected chi connectivity index (χ1v) is 7.05. The van der Waals surface area contributed by atoms with Crippen LogP contribution in [0.5, 0.6) is 0 Å². The quantitative estimate of drug-likeness (QED) is 0.908. The van der Waals surface area contributed by atoms with Gasteiger partial charge in [-0.3, -0.25) is 0 Å². The Labute approximate surface area is 118 Å². The topological polar surface area (TPSA) is 55.1 Å². The molecule has 0 spiro atoms. The van der Waals surface area contributed by atoms with E-state index >= 15 is 0 Å². The zero-order valence-corrected chi connectivity index (χ0v) is 12.3. The number of carbonyl (C=O) groups is 1. The van der Waals surface area contributed by atoms with Crippen LogP contribution >= 0.6 is 0 Å². The molecular weight excluding hydrogens is 252 g/mol. The van der Waals surface area contributed by atoms with Crippen LogP contribution in [0, 0.1) is 5.92 Å². The van der Waals surface area contributed by atoms with Crippen molar-refractivity contribution >= 4 is 17.0 Å². The second-order valence-corrected chi connectivity index (χ2v) is 6.81. The summed E-state index contributed by atoms with van der Waals surface area (Å²) in [6.45, 7) is 8.57. The Bertz CT molecular complexity index is 694. The Morgan fingerprint density at radius 1 is 1.40 bits per heavy atom. The number of aromatic nitrogens is 2. The number of carboxylic acids is 1. The fourth-order valence-electron chi connectivity index (χ4n) is 2.84. The van der Waals surface area contributed by atoms with E-state index in [0.29, 0.717) is 17.5 Å². The van der Waals surface area contributed by atoms with Crippen LogP contribution in [0.15, 0.2) is 18.2 Å². The minimum Gasteiger partial charge on any atom is -0.478 e. The van der Waals surface area contributed by atoms with Crippen LogP contribution in [0.3, 0.4) is 0 Å². The van der Waals surface area contributed by atoms with Gasteiger partial charge in [0.25, 0.3) is 0 Å². The highest BCUT2D eigenvalue weighted by molar-refractivity contribution is 6.01. The van der Waals surface area contributed by atoms with Crippen LogP contribution < -0.4 is 0 Å². The minimum atomic E-state index is -0.884. The lowest BCUT2D eigenvalue weighted by molar-refractivity contribution is 0.0698. The molecule has 0 aliphatic heterocycles. The highest BCUT2D eigenvalue weighted by Gasteiger charge is 2.39. The van der Waals surface area contributed by atoms with Crippen molar-refractivity contribution in [3.05, 3.63) is 29.6 Å². The van der Waals surface area contributed by atoms with Crippen LogP contribution in [0.1, 0.15) is 56.3 Å². The van der Waals surface area contributed by atoms with Gasteiger partial charge in [-0.1, -0.05) is 33.8 Å². The Balaban J connectivity index is 2.36. The molecule has 3 rings (SSSR count). The maximum absolute atomic E-state index is 11.5. The van der Waals surface area contributed by atoms with E-state index in [2.05, 4.69) is 32.3 Å². The molecule has 1 aliphatic rings. The number of imidazole rings is 1. The van der Waals surface area contributed by atoms with E-state index in [1.165, 1.54) is 0 Å². The number of hydrogen-bond donors (Lipinski definition) is 1. The van der Waals surface area contributed by atoms with Crippen molar-refractivity contribution in [1.82, 2.24) is 9.55 Å². The Hall–Kier alpha value is -1.84. The van der Waals surface area contributed by atoms with Crippen LogP contribution in [0.2, 0.25) is 0 Å². The summed E-state index contributed by atoms with van der Waals surface area (Å²) in [6.07, 6.45) is 1.10. The standard InChI is InChI=1S/C16H20N2O2/c1-9-8-12(9)18-13-10(14(19)20)6-5-7-11(13)17-15(18)16(2,3)4/h5-7,9,12H,8H2,1-4H3,(H,19,20). The normalized spacial score (nSPS) is 22.2. The van der Waals surface area contributed by atoms with Gasteiger partial charge >= 0.3 is 5.97 Å². The predicted octanol–water partition coefficient (Wildman–Crippen LogP) is 3.61. The first-order valence-electron chi connectivity index (χ1n) is 7.05. The lowest BCUT2D eigenvalue weighted by Crippen LogP contribution is -2.19. The molecule has 106 valence electrons. The summed E-state index contributed by atoms with van der Waals surface area (Å²) < 4.78 is 2.17. The van der Waals surface area contributed by atoms with E-state index in [-0.39, 0.29) is 5.41 Å². The molecule has 2 atom stereocenters. The molecule has 0 amide bonds. The number of fused-ring (bicyclic) bond motifs is 1. The minimum absolute atomic E-state index is 0.100. The molecule has 1 fully saturated rings. The van der Waals surface area contributed by atoms with Gasteiger partial charge in [0.05, 0.1) is 16.6 Å². The van der Waals surface area contributed by atoms with Crippen molar-refractivity contribution in [3.8, 4) is 0 Å². The van der Waals surface area contributed by atoms with Crippen LogP contribution in [0.4, 0.5) is 0 Å². The maximum Gasteiger partial charge on any atom is 0.337 e. The number of rotatable bonds is 2. The third-order valence-corrected chi connectivity index (χ3v) is 4.01. The smallest absolute Gasteiger partial charge is 0.337 e. The summed E-state index contributed by atoms with van der Waals surface area (Å²) in [5.74, 6) is 0.691. The summed E-state index contributed by atoms with van der Waals surface area (Å²) in [6, 6.07) is 5.73. The fraction of sp³-hybridized carbons (Fsp3) is 0.500. The average Bonchev–Trinajstić information content (AvgIpc) is 2.92. The van der Waals surface area contributed by atoms with Gasteiger partial charge in [-0.15, -0.1) is 0 Å². The summed E-state index contributed by atoms with van der Waals surface area (Å²) in [5.41, 5.74) is 1.81. The molecule has 2 unspecified atom stereocenters. The molecule has 1 aromatic carbocycles. The van der Waals surface area contributed by atoms with E-state index in [1.54, 1.807) is 12.1 Å². The number of aromatic carboxylic acids is 1. The zero-order chi connectivity index (χ0) is 14.7. The van der Waals surface area contributed by atoms with Crippen molar-refractivity contribution in [2.45, 2.75) is 45.6 Å². The van der Waals surface area contributed by atoms with Crippen molar-refractivity contribution in [2.75, 3.05) is 0 Å². The molecule has 1 saturated carbocycles. The number of carboxylic acid groups (broad SMARTS) is 1. The highest BCUT2D eigenvalue weighted by Crippen LogP contribution is 2.47. The van der Waals surface area contributed by atoms with E-state index in [4.69, 9.17) is 4.98 Å². The molecule has 1 aliphatic carbocycles. The van der Waals surface area contributed by atoms with Crippen molar-refractivity contribution in [1.29, 1.82) is 0 Å². The van der Waals surface area contributed by atoms with Crippen molar-refractivity contribution < 1.29 is 9.90 Å². The lowest BCUT2D eigenvalue weighted by atomic mass is 9.95. The second kappa shape index (κ2) is 4.08. The van der Waals surface area contributed by atoms with Crippen LogP contribution in [-0.2, 0) is 5.41 Å². The molecule has 4 nitrogen and oxygen atoms in total. The maximum atomic E-state index is 11.5. The van der Waals surface area contributed by atoms with Gasteiger partial charge in [-0.2, -0.15) is 0 Å². The van der Waals surface area contributed by atoms with Crippen molar-refractivity contribution in [3.63, 3.8) is 0 Å². The monoisotopic (exact) mass is 272 g/mol. The van der Waals surface area contributed by atoms with Gasteiger partial charge in [0.2, 0.25) is 0 Å². The summed E-state index contributed by atoms with van der Waals surface area (Å²) in [5, 5.41) is 9.45. The second-order valence-electron chi connectivity index (χ2n) is 6.81. The predicted molar refractivity (Wildman–Crippen MR) is 78.2 cm³/mol. The summed E-state index contributed by atoms with van der Waals surface area (Å²) >= 11 is 0. The molecule has 1 aromatic heterocycles. The Morgan fingerprint density at radius 3 is 2.55 bits per heavy atom. The van der Waals surface area contributed by atoms with E-state index in [9.17, 15) is 9.90 Å². The van der Waals surface area contributed by atoms with Gasteiger partial charge in [-0.05, 0) is 24.5 Å². The lowest BCUT2D eigenvalue weighted by Gasteiger charge is -2.20. The largest absolute Gasteiger partial charge is 0.478 e. The van der Waals surface area contributed by atoms with Crippen LogP contribution in [-0.4, -0.2) is 20.6 Å². The third-order valence-electron chi connectivity index (χ3n) is 4.01. The molecule has 4 heteroatoms. The molecule has 20 heavy (non-hydrogen) atoms.